The zero-order valence-corrected chi connectivity index (χ0v) is 9.17. The van der Waals surface area contributed by atoms with Crippen LogP contribution < -0.4 is 4.74 Å². The number of halogens is 1. The van der Waals surface area contributed by atoms with Gasteiger partial charge in [0.15, 0.2) is 0 Å². The second-order valence-electron chi connectivity index (χ2n) is 3.83. The number of carbonyl (C=O) groups excluding carboxylic acids is 1. The largest absolute Gasteiger partial charge is 0.490 e. The molecule has 0 aromatic heterocycles. The van der Waals surface area contributed by atoms with Gasteiger partial charge in [0.25, 0.3) is 0 Å². The molecule has 1 aliphatic carbocycles. The Labute approximate surface area is 94.2 Å². The first-order chi connectivity index (χ1) is 7.24. The van der Waals surface area contributed by atoms with Gasteiger partial charge in [-0.2, -0.15) is 0 Å². The number of carbonyl (C=O) groups is 1. The molecule has 0 amide bonds. The maximum Gasteiger partial charge on any atom is 0.136 e. The lowest BCUT2D eigenvalue weighted by atomic mass is 9.96. The molecule has 1 aromatic carbocycles. The maximum atomic E-state index is 11.2. The van der Waals surface area contributed by atoms with E-state index in [-0.39, 0.29) is 6.10 Å². The van der Waals surface area contributed by atoms with Crippen LogP contribution in [0.25, 0.3) is 0 Å². The fourth-order valence-electron chi connectivity index (χ4n) is 1.79. The fourth-order valence-corrected chi connectivity index (χ4v) is 1.92. The molecule has 1 fully saturated rings. The molecule has 0 radical (unpaired) electrons. The molecule has 0 saturated heterocycles. The summed E-state index contributed by atoms with van der Waals surface area (Å²) < 4.78 is 5.70. The summed E-state index contributed by atoms with van der Waals surface area (Å²) in [6, 6.07) is 7.26. The van der Waals surface area contributed by atoms with Crippen molar-refractivity contribution in [3.8, 4) is 5.75 Å². The second kappa shape index (κ2) is 4.67. The number of ether oxygens (including phenoxy) is 1. The van der Waals surface area contributed by atoms with Gasteiger partial charge >= 0.3 is 0 Å². The van der Waals surface area contributed by atoms with E-state index in [4.69, 9.17) is 16.3 Å². The lowest BCUT2D eigenvalue weighted by molar-refractivity contribution is -0.122. The van der Waals surface area contributed by atoms with Gasteiger partial charge < -0.3 is 4.74 Å². The molecule has 1 aromatic rings. The van der Waals surface area contributed by atoms with Crippen molar-refractivity contribution in [1.82, 2.24) is 0 Å². The van der Waals surface area contributed by atoms with E-state index < -0.39 is 0 Å². The molecule has 0 N–H and O–H groups in total. The highest BCUT2D eigenvalue weighted by Crippen LogP contribution is 2.22. The summed E-state index contributed by atoms with van der Waals surface area (Å²) in [6.07, 6.45) is 3.21. The van der Waals surface area contributed by atoms with Gasteiger partial charge in [-0.05, 0) is 37.1 Å². The van der Waals surface area contributed by atoms with Gasteiger partial charge in [0.2, 0.25) is 0 Å². The van der Waals surface area contributed by atoms with E-state index in [1.54, 1.807) is 12.1 Å². The summed E-state index contributed by atoms with van der Waals surface area (Å²) in [7, 11) is 0. The molecule has 2 rings (SSSR count). The SMILES string of the molecule is O=C1CCCC(Oc2ccc(Cl)cc2)C1. The molecule has 15 heavy (non-hydrogen) atoms. The number of hydrogen-bond donors (Lipinski definition) is 0. The summed E-state index contributed by atoms with van der Waals surface area (Å²) in [5.41, 5.74) is 0. The van der Waals surface area contributed by atoms with Crippen LogP contribution in [0, 0.1) is 0 Å². The standard InChI is InChI=1S/C12H13ClO2/c13-9-4-6-11(7-5-9)15-12-3-1-2-10(14)8-12/h4-7,12H,1-3,8H2. The van der Waals surface area contributed by atoms with Crippen LogP contribution in [-0.4, -0.2) is 11.9 Å². The van der Waals surface area contributed by atoms with Gasteiger partial charge in [0, 0.05) is 17.9 Å². The van der Waals surface area contributed by atoms with Gasteiger partial charge in [0.05, 0.1) is 0 Å². The quantitative estimate of drug-likeness (QED) is 0.771. The first kappa shape index (κ1) is 10.5. The molecule has 1 atom stereocenters. The van der Waals surface area contributed by atoms with Crippen LogP contribution in [0.3, 0.4) is 0 Å². The lowest BCUT2D eigenvalue weighted by Gasteiger charge is -2.22. The van der Waals surface area contributed by atoms with Crippen LogP contribution in [0.15, 0.2) is 24.3 Å². The number of hydrogen-bond acceptors (Lipinski definition) is 2. The Hall–Kier alpha value is -1.02. The van der Waals surface area contributed by atoms with E-state index in [0.29, 0.717) is 23.6 Å². The van der Waals surface area contributed by atoms with Gasteiger partial charge in [0.1, 0.15) is 17.6 Å². The smallest absolute Gasteiger partial charge is 0.136 e. The van der Waals surface area contributed by atoms with Crippen LogP contribution >= 0.6 is 11.6 Å². The van der Waals surface area contributed by atoms with Crippen molar-refractivity contribution in [2.45, 2.75) is 31.8 Å². The lowest BCUT2D eigenvalue weighted by Crippen LogP contribution is -2.25. The molecule has 0 heterocycles. The number of ketones is 1. The Morgan fingerprint density at radius 3 is 2.67 bits per heavy atom. The van der Waals surface area contributed by atoms with Crippen LogP contribution in [0.1, 0.15) is 25.7 Å². The summed E-state index contributed by atoms with van der Waals surface area (Å²) in [6.45, 7) is 0. The average Bonchev–Trinajstić information content (AvgIpc) is 2.22. The average molecular weight is 225 g/mol. The Morgan fingerprint density at radius 2 is 2.00 bits per heavy atom. The molecule has 0 spiro atoms. The number of rotatable bonds is 2. The second-order valence-corrected chi connectivity index (χ2v) is 4.27. The monoisotopic (exact) mass is 224 g/mol. The Morgan fingerprint density at radius 1 is 1.27 bits per heavy atom. The van der Waals surface area contributed by atoms with Gasteiger partial charge in [-0.3, -0.25) is 4.79 Å². The third kappa shape index (κ3) is 2.96. The van der Waals surface area contributed by atoms with E-state index in [1.807, 2.05) is 12.1 Å². The molecule has 80 valence electrons. The van der Waals surface area contributed by atoms with E-state index in [9.17, 15) is 4.79 Å². The molecule has 2 nitrogen and oxygen atoms in total. The number of Topliss-reactive ketones (excluding diaryl/α,β-unsaturated/α-hetero) is 1. The minimum absolute atomic E-state index is 0.0485. The van der Waals surface area contributed by atoms with Gasteiger partial charge in [-0.25, -0.2) is 0 Å². The van der Waals surface area contributed by atoms with Crippen LogP contribution in [0.2, 0.25) is 5.02 Å². The van der Waals surface area contributed by atoms with E-state index in [0.717, 1.165) is 18.6 Å². The maximum absolute atomic E-state index is 11.2. The van der Waals surface area contributed by atoms with E-state index in [1.165, 1.54) is 0 Å². The molecule has 0 aliphatic heterocycles. The molecule has 1 saturated carbocycles. The fraction of sp³-hybridized carbons (Fsp3) is 0.417. The predicted octanol–water partition coefficient (Wildman–Crippen LogP) is 3.23. The zero-order chi connectivity index (χ0) is 10.7. The molecular formula is C12H13ClO2. The molecule has 0 bridgehead atoms. The highest BCUT2D eigenvalue weighted by Gasteiger charge is 2.20. The van der Waals surface area contributed by atoms with E-state index >= 15 is 0 Å². The van der Waals surface area contributed by atoms with Crippen molar-refractivity contribution in [2.24, 2.45) is 0 Å². The third-order valence-electron chi connectivity index (χ3n) is 2.55. The molecule has 3 heteroatoms. The normalized spacial score (nSPS) is 21.4. The van der Waals surface area contributed by atoms with Crippen LogP contribution in [-0.2, 0) is 4.79 Å². The minimum atomic E-state index is 0.0485. The minimum Gasteiger partial charge on any atom is -0.490 e. The summed E-state index contributed by atoms with van der Waals surface area (Å²) in [4.78, 5) is 11.2. The van der Waals surface area contributed by atoms with Crippen molar-refractivity contribution in [1.29, 1.82) is 0 Å². The van der Waals surface area contributed by atoms with Crippen LogP contribution in [0.4, 0.5) is 0 Å². The first-order valence-corrected chi connectivity index (χ1v) is 5.56. The van der Waals surface area contributed by atoms with Crippen molar-refractivity contribution in [3.63, 3.8) is 0 Å². The van der Waals surface area contributed by atoms with E-state index in [2.05, 4.69) is 0 Å². The highest BCUT2D eigenvalue weighted by molar-refractivity contribution is 6.30. The highest BCUT2D eigenvalue weighted by atomic mass is 35.5. The van der Waals surface area contributed by atoms with Crippen molar-refractivity contribution in [3.05, 3.63) is 29.3 Å². The van der Waals surface area contributed by atoms with Gasteiger partial charge in [-0.1, -0.05) is 11.6 Å². The first-order valence-electron chi connectivity index (χ1n) is 5.18. The Kier molecular flexibility index (Phi) is 3.27. The van der Waals surface area contributed by atoms with Crippen molar-refractivity contribution < 1.29 is 9.53 Å². The Bertz CT molecular complexity index is 345. The third-order valence-corrected chi connectivity index (χ3v) is 2.81. The predicted molar refractivity (Wildman–Crippen MR) is 59.3 cm³/mol. The molecule has 1 unspecified atom stereocenters. The summed E-state index contributed by atoms with van der Waals surface area (Å²) in [5, 5.41) is 0.696. The Balaban J connectivity index is 1.96. The van der Waals surface area contributed by atoms with Gasteiger partial charge in [-0.15, -0.1) is 0 Å². The number of benzene rings is 1. The molecular weight excluding hydrogens is 212 g/mol. The zero-order valence-electron chi connectivity index (χ0n) is 8.41. The van der Waals surface area contributed by atoms with Crippen molar-refractivity contribution in [2.75, 3.05) is 0 Å². The summed E-state index contributed by atoms with van der Waals surface area (Å²) >= 11 is 5.77. The van der Waals surface area contributed by atoms with Crippen LogP contribution in [0.5, 0.6) is 5.75 Å². The summed E-state index contributed by atoms with van der Waals surface area (Å²) in [5.74, 6) is 1.10. The molecule has 1 aliphatic rings. The topological polar surface area (TPSA) is 26.3 Å². The van der Waals surface area contributed by atoms with Crippen molar-refractivity contribution >= 4 is 17.4 Å².